The van der Waals surface area contributed by atoms with Gasteiger partial charge in [-0.05, 0) is 19.4 Å². The van der Waals surface area contributed by atoms with Crippen LogP contribution in [0.4, 0.5) is 0 Å². The van der Waals surface area contributed by atoms with E-state index in [0.717, 1.165) is 24.2 Å². The lowest BCUT2D eigenvalue weighted by Crippen LogP contribution is -2.62. The monoisotopic (exact) mass is 304 g/mol. The van der Waals surface area contributed by atoms with Gasteiger partial charge >= 0.3 is 0 Å². The Morgan fingerprint density at radius 1 is 1.18 bits per heavy atom. The van der Waals surface area contributed by atoms with Crippen LogP contribution in [0, 0.1) is 0 Å². The van der Waals surface area contributed by atoms with Gasteiger partial charge in [0.05, 0.1) is 12.6 Å². The minimum Gasteiger partial charge on any atom is -0.493 e. The molecular formula is C16H24N4O2. The van der Waals surface area contributed by atoms with Crippen molar-refractivity contribution in [1.82, 2.24) is 21.5 Å². The number of ether oxygens (including phenoxy) is 1. The van der Waals surface area contributed by atoms with E-state index in [1.807, 2.05) is 31.2 Å². The van der Waals surface area contributed by atoms with Crippen LogP contribution in [0.25, 0.3) is 0 Å². The van der Waals surface area contributed by atoms with Crippen molar-refractivity contribution < 1.29 is 9.53 Å². The third-order valence-corrected chi connectivity index (χ3v) is 4.27. The largest absolute Gasteiger partial charge is 0.493 e. The molecule has 0 radical (unpaired) electrons. The predicted octanol–water partition coefficient (Wildman–Crippen LogP) is 0.817. The lowest BCUT2D eigenvalue weighted by molar-refractivity contribution is -0.126. The molecule has 0 spiro atoms. The third-order valence-electron chi connectivity index (χ3n) is 4.27. The number of rotatable bonds is 5. The van der Waals surface area contributed by atoms with Crippen molar-refractivity contribution >= 4 is 5.91 Å². The highest BCUT2D eigenvalue weighted by Gasteiger charge is 2.45. The zero-order valence-electron chi connectivity index (χ0n) is 13.1. The summed E-state index contributed by atoms with van der Waals surface area (Å²) in [6, 6.07) is 7.94. The number of hydrogen-bond acceptors (Lipinski definition) is 5. The zero-order chi connectivity index (χ0) is 15.5. The number of fused-ring (bicyclic) bond motifs is 1. The van der Waals surface area contributed by atoms with E-state index in [0.29, 0.717) is 6.61 Å². The molecule has 2 fully saturated rings. The van der Waals surface area contributed by atoms with Crippen molar-refractivity contribution in [3.05, 3.63) is 29.8 Å². The van der Waals surface area contributed by atoms with Gasteiger partial charge in [-0.3, -0.25) is 15.5 Å². The lowest BCUT2D eigenvalue weighted by atomic mass is 9.95. The first-order chi connectivity index (χ1) is 10.7. The highest BCUT2D eigenvalue weighted by Crippen LogP contribution is 2.28. The molecule has 4 atom stereocenters. The number of hydrogen-bond donors (Lipinski definition) is 4. The van der Waals surface area contributed by atoms with Crippen molar-refractivity contribution in [3.63, 3.8) is 0 Å². The summed E-state index contributed by atoms with van der Waals surface area (Å²) in [7, 11) is 0. The number of hydrazine groups is 1. The molecule has 6 nitrogen and oxygen atoms in total. The van der Waals surface area contributed by atoms with E-state index in [-0.39, 0.29) is 30.2 Å². The standard InChI is InChI=1S/C16H24N4O2/c1-3-7-11-13-14(20-19-11)16(21)18-15(17-13)10-8-5-6-9-12(10)22-4-2/h5-6,8-9,11,13-15,17,19-20H,3-4,7H2,1-2H3,(H,18,21). The van der Waals surface area contributed by atoms with E-state index in [1.54, 1.807) is 0 Å². The molecule has 2 heterocycles. The SMILES string of the molecule is CCCC1NNC2C(=O)NC(c3ccccc3OCC)NC12. The molecule has 0 aromatic heterocycles. The van der Waals surface area contributed by atoms with Crippen molar-refractivity contribution in [2.45, 2.75) is 51.0 Å². The number of para-hydroxylation sites is 1. The highest BCUT2D eigenvalue weighted by molar-refractivity contribution is 5.84. The molecule has 22 heavy (non-hydrogen) atoms. The quantitative estimate of drug-likeness (QED) is 0.648. The molecule has 2 saturated heterocycles. The average Bonchev–Trinajstić information content (AvgIpc) is 2.92. The Morgan fingerprint density at radius 3 is 2.77 bits per heavy atom. The topological polar surface area (TPSA) is 74.4 Å². The van der Waals surface area contributed by atoms with Crippen LogP contribution in [-0.4, -0.2) is 30.6 Å². The molecule has 1 aromatic rings. The van der Waals surface area contributed by atoms with Gasteiger partial charge in [-0.1, -0.05) is 31.5 Å². The highest BCUT2D eigenvalue weighted by atomic mass is 16.5. The first kappa shape index (κ1) is 15.3. The van der Waals surface area contributed by atoms with Crippen LogP contribution < -0.4 is 26.2 Å². The molecule has 4 N–H and O–H groups in total. The summed E-state index contributed by atoms with van der Waals surface area (Å²) in [5.41, 5.74) is 7.31. The molecule has 1 amide bonds. The Balaban J connectivity index is 1.82. The van der Waals surface area contributed by atoms with Gasteiger partial charge in [0.15, 0.2) is 0 Å². The second-order valence-corrected chi connectivity index (χ2v) is 5.77. The van der Waals surface area contributed by atoms with E-state index in [2.05, 4.69) is 28.4 Å². The average molecular weight is 304 g/mol. The summed E-state index contributed by atoms with van der Waals surface area (Å²) in [6.45, 7) is 4.72. The number of carbonyl (C=O) groups excluding carboxylic acids is 1. The minimum atomic E-state index is -0.230. The molecule has 0 saturated carbocycles. The van der Waals surface area contributed by atoms with Gasteiger partial charge in [-0.15, -0.1) is 0 Å². The maximum absolute atomic E-state index is 12.4. The fraction of sp³-hybridized carbons (Fsp3) is 0.562. The molecule has 0 bridgehead atoms. The summed E-state index contributed by atoms with van der Waals surface area (Å²) in [5.74, 6) is 0.832. The Hall–Kier alpha value is -1.63. The Kier molecular flexibility index (Phi) is 4.61. The Morgan fingerprint density at radius 2 is 2.00 bits per heavy atom. The van der Waals surface area contributed by atoms with E-state index in [9.17, 15) is 4.79 Å². The molecule has 2 aliphatic rings. The Bertz CT molecular complexity index is 537. The second kappa shape index (κ2) is 6.64. The smallest absolute Gasteiger partial charge is 0.241 e. The number of nitrogens with one attached hydrogen (secondary N) is 4. The maximum atomic E-state index is 12.4. The van der Waals surface area contributed by atoms with Crippen LogP contribution in [0.2, 0.25) is 0 Å². The van der Waals surface area contributed by atoms with Gasteiger partial charge in [0.2, 0.25) is 5.91 Å². The number of amides is 1. The predicted molar refractivity (Wildman–Crippen MR) is 84.2 cm³/mol. The van der Waals surface area contributed by atoms with Gasteiger partial charge in [0, 0.05) is 11.6 Å². The third kappa shape index (κ3) is 2.82. The van der Waals surface area contributed by atoms with E-state index >= 15 is 0 Å². The normalized spacial score (nSPS) is 30.7. The molecule has 2 aliphatic heterocycles. The van der Waals surface area contributed by atoms with Crippen LogP contribution >= 0.6 is 0 Å². The van der Waals surface area contributed by atoms with E-state index in [1.165, 1.54) is 0 Å². The fourth-order valence-corrected chi connectivity index (χ4v) is 3.25. The van der Waals surface area contributed by atoms with E-state index in [4.69, 9.17) is 4.74 Å². The van der Waals surface area contributed by atoms with Gasteiger partial charge in [-0.25, -0.2) is 5.43 Å². The number of benzene rings is 1. The van der Waals surface area contributed by atoms with Crippen LogP contribution in [0.3, 0.4) is 0 Å². The van der Waals surface area contributed by atoms with E-state index < -0.39 is 0 Å². The van der Waals surface area contributed by atoms with Gasteiger partial charge in [0.25, 0.3) is 0 Å². The van der Waals surface area contributed by atoms with Crippen molar-refractivity contribution in [3.8, 4) is 5.75 Å². The number of carbonyl (C=O) groups is 1. The first-order valence-corrected chi connectivity index (χ1v) is 8.03. The van der Waals surface area contributed by atoms with Crippen molar-refractivity contribution in [2.24, 2.45) is 0 Å². The summed E-state index contributed by atoms with van der Waals surface area (Å²) in [4.78, 5) is 12.4. The molecule has 1 aromatic carbocycles. The maximum Gasteiger partial charge on any atom is 0.241 e. The van der Waals surface area contributed by atoms with Gasteiger partial charge in [-0.2, -0.15) is 0 Å². The first-order valence-electron chi connectivity index (χ1n) is 8.03. The van der Waals surface area contributed by atoms with Crippen LogP contribution in [-0.2, 0) is 4.79 Å². The van der Waals surface area contributed by atoms with Crippen molar-refractivity contribution in [1.29, 1.82) is 0 Å². The molecule has 4 unspecified atom stereocenters. The molecule has 120 valence electrons. The lowest BCUT2D eigenvalue weighted by Gasteiger charge is -2.35. The molecular weight excluding hydrogens is 280 g/mol. The molecule has 6 heteroatoms. The summed E-state index contributed by atoms with van der Waals surface area (Å²) < 4.78 is 5.69. The molecule has 0 aliphatic carbocycles. The van der Waals surface area contributed by atoms with Crippen molar-refractivity contribution in [2.75, 3.05) is 6.61 Å². The van der Waals surface area contributed by atoms with Crippen LogP contribution in [0.1, 0.15) is 38.4 Å². The van der Waals surface area contributed by atoms with Gasteiger partial charge < -0.3 is 10.1 Å². The summed E-state index contributed by atoms with van der Waals surface area (Å²) >= 11 is 0. The van der Waals surface area contributed by atoms with Crippen LogP contribution in [0.15, 0.2) is 24.3 Å². The summed E-state index contributed by atoms with van der Waals surface area (Å²) in [5, 5.41) is 6.59. The second-order valence-electron chi connectivity index (χ2n) is 5.77. The summed E-state index contributed by atoms with van der Waals surface area (Å²) in [6.07, 6.45) is 1.87. The molecule has 3 rings (SSSR count). The van der Waals surface area contributed by atoms with Gasteiger partial charge in [0.1, 0.15) is 18.0 Å². The van der Waals surface area contributed by atoms with Crippen LogP contribution in [0.5, 0.6) is 5.75 Å². The fourth-order valence-electron chi connectivity index (χ4n) is 3.25. The zero-order valence-corrected chi connectivity index (χ0v) is 13.1. The minimum absolute atomic E-state index is 0.0196. The Labute approximate surface area is 131 Å².